The molecule has 5 aromatic rings. The van der Waals surface area contributed by atoms with Crippen LogP contribution in [0.5, 0.6) is 5.75 Å². The summed E-state index contributed by atoms with van der Waals surface area (Å²) >= 11 is 0. The number of anilines is 1. The number of carbonyl (C=O) groups excluding carboxylic acids is 2. The standard InChI is InChI=1S/C29H24N2O4/c1-34-26-15-12-20-6-2-4-8-23(20)24(26)18-30-28(32)16-19-10-13-22(14-11-19)31-29(33)27-17-21-7-3-5-9-25(21)35-27/h2-15,17H,16,18H2,1H3,(H,30,32)(H,31,33). The molecule has 0 atom stereocenters. The molecule has 6 heteroatoms. The molecule has 0 aliphatic carbocycles. The molecular formula is C29H24N2O4. The largest absolute Gasteiger partial charge is 0.496 e. The Morgan fingerprint density at radius 3 is 2.37 bits per heavy atom. The van der Waals surface area contributed by atoms with Gasteiger partial charge in [0.15, 0.2) is 5.76 Å². The van der Waals surface area contributed by atoms with E-state index in [0.717, 1.165) is 33.0 Å². The van der Waals surface area contributed by atoms with E-state index < -0.39 is 0 Å². The SMILES string of the molecule is COc1ccc2ccccc2c1CNC(=O)Cc1ccc(NC(=O)c2cc3ccccc3o2)cc1. The zero-order valence-electron chi connectivity index (χ0n) is 19.2. The Kier molecular flexibility index (Phi) is 6.18. The van der Waals surface area contributed by atoms with Crippen molar-refractivity contribution < 1.29 is 18.7 Å². The molecule has 0 aliphatic rings. The molecule has 0 saturated heterocycles. The first-order valence-corrected chi connectivity index (χ1v) is 11.3. The van der Waals surface area contributed by atoms with Crippen LogP contribution >= 0.6 is 0 Å². The monoisotopic (exact) mass is 464 g/mol. The molecule has 0 fully saturated rings. The number of fused-ring (bicyclic) bond motifs is 2. The minimum atomic E-state index is -0.323. The number of ether oxygens (including phenoxy) is 1. The van der Waals surface area contributed by atoms with Gasteiger partial charge in [0.2, 0.25) is 5.91 Å². The Balaban J connectivity index is 1.20. The second-order valence-corrected chi connectivity index (χ2v) is 8.22. The average molecular weight is 465 g/mol. The average Bonchev–Trinajstić information content (AvgIpc) is 3.33. The molecule has 5 rings (SSSR count). The van der Waals surface area contributed by atoms with Crippen LogP contribution in [0.2, 0.25) is 0 Å². The number of para-hydroxylation sites is 1. The van der Waals surface area contributed by atoms with E-state index in [9.17, 15) is 9.59 Å². The Hall–Kier alpha value is -4.58. The summed E-state index contributed by atoms with van der Waals surface area (Å²) in [5.74, 6) is 0.571. The molecule has 2 N–H and O–H groups in total. The number of rotatable bonds is 7. The first-order chi connectivity index (χ1) is 17.1. The lowest BCUT2D eigenvalue weighted by atomic mass is 10.0. The van der Waals surface area contributed by atoms with Crippen molar-refractivity contribution in [2.24, 2.45) is 0 Å². The van der Waals surface area contributed by atoms with Gasteiger partial charge in [-0.25, -0.2) is 0 Å². The zero-order valence-corrected chi connectivity index (χ0v) is 19.2. The quantitative estimate of drug-likeness (QED) is 0.324. The molecule has 0 unspecified atom stereocenters. The van der Waals surface area contributed by atoms with Gasteiger partial charge in [0.1, 0.15) is 11.3 Å². The molecule has 0 radical (unpaired) electrons. The van der Waals surface area contributed by atoms with Gasteiger partial charge >= 0.3 is 0 Å². The van der Waals surface area contributed by atoms with Gasteiger partial charge in [0.25, 0.3) is 5.91 Å². The van der Waals surface area contributed by atoms with Crippen LogP contribution in [0, 0.1) is 0 Å². The minimum Gasteiger partial charge on any atom is -0.496 e. The van der Waals surface area contributed by atoms with Gasteiger partial charge in [-0.3, -0.25) is 9.59 Å². The number of nitrogens with one attached hydrogen (secondary N) is 2. The lowest BCUT2D eigenvalue weighted by Crippen LogP contribution is -2.25. The number of benzene rings is 4. The van der Waals surface area contributed by atoms with E-state index >= 15 is 0 Å². The maximum Gasteiger partial charge on any atom is 0.291 e. The van der Waals surface area contributed by atoms with Gasteiger partial charge in [-0.1, -0.05) is 60.7 Å². The molecule has 174 valence electrons. The van der Waals surface area contributed by atoms with Crippen molar-refractivity contribution in [2.75, 3.05) is 12.4 Å². The van der Waals surface area contributed by atoms with E-state index in [0.29, 0.717) is 17.8 Å². The van der Waals surface area contributed by atoms with Crippen LogP contribution < -0.4 is 15.4 Å². The van der Waals surface area contributed by atoms with Crippen molar-refractivity contribution >= 4 is 39.2 Å². The molecular weight excluding hydrogens is 440 g/mol. The van der Waals surface area contributed by atoms with Crippen molar-refractivity contribution in [3.05, 3.63) is 108 Å². The van der Waals surface area contributed by atoms with Gasteiger partial charge in [0, 0.05) is 23.2 Å². The second-order valence-electron chi connectivity index (χ2n) is 8.22. The van der Waals surface area contributed by atoms with Crippen LogP contribution in [0.15, 0.2) is 95.4 Å². The summed E-state index contributed by atoms with van der Waals surface area (Å²) in [7, 11) is 1.63. The fourth-order valence-electron chi connectivity index (χ4n) is 4.12. The lowest BCUT2D eigenvalue weighted by molar-refractivity contribution is -0.120. The fraction of sp³-hybridized carbons (Fsp3) is 0.103. The number of furan rings is 1. The highest BCUT2D eigenvalue weighted by molar-refractivity contribution is 6.04. The molecule has 6 nitrogen and oxygen atoms in total. The summed E-state index contributed by atoms with van der Waals surface area (Å²) in [5.41, 5.74) is 3.08. The molecule has 0 spiro atoms. The Labute approximate surface area is 202 Å². The van der Waals surface area contributed by atoms with Crippen LogP contribution in [0.1, 0.15) is 21.7 Å². The molecule has 4 aromatic carbocycles. The molecule has 2 amide bonds. The first-order valence-electron chi connectivity index (χ1n) is 11.3. The Bertz CT molecular complexity index is 1490. The van der Waals surface area contributed by atoms with Gasteiger partial charge in [-0.05, 0) is 46.7 Å². The number of methoxy groups -OCH3 is 1. The predicted octanol–water partition coefficient (Wildman–Crippen LogP) is 5.71. The van der Waals surface area contributed by atoms with Crippen LogP contribution in [0.4, 0.5) is 5.69 Å². The van der Waals surface area contributed by atoms with Crippen molar-refractivity contribution in [1.29, 1.82) is 0 Å². The molecule has 1 aromatic heterocycles. The summed E-state index contributed by atoms with van der Waals surface area (Å²) in [6, 6.07) is 28.3. The summed E-state index contributed by atoms with van der Waals surface area (Å²) in [5, 5.41) is 8.85. The van der Waals surface area contributed by atoms with Crippen LogP contribution in [-0.4, -0.2) is 18.9 Å². The Morgan fingerprint density at radius 1 is 0.857 bits per heavy atom. The Morgan fingerprint density at radius 2 is 1.60 bits per heavy atom. The second kappa shape index (κ2) is 9.73. The topological polar surface area (TPSA) is 80.6 Å². The third kappa shape index (κ3) is 4.87. The van der Waals surface area contributed by atoms with E-state index in [1.807, 2.05) is 72.8 Å². The highest BCUT2D eigenvalue weighted by Crippen LogP contribution is 2.28. The van der Waals surface area contributed by atoms with Crippen molar-refractivity contribution in [1.82, 2.24) is 5.32 Å². The summed E-state index contributed by atoms with van der Waals surface area (Å²) in [6.45, 7) is 0.370. The molecule has 0 saturated carbocycles. The number of carbonyl (C=O) groups is 2. The highest BCUT2D eigenvalue weighted by Gasteiger charge is 2.13. The predicted molar refractivity (Wildman–Crippen MR) is 137 cm³/mol. The number of hydrogen-bond acceptors (Lipinski definition) is 4. The zero-order chi connectivity index (χ0) is 24.2. The minimum absolute atomic E-state index is 0.0981. The molecule has 0 aliphatic heterocycles. The fourth-order valence-corrected chi connectivity index (χ4v) is 4.12. The number of hydrogen-bond donors (Lipinski definition) is 2. The smallest absolute Gasteiger partial charge is 0.291 e. The summed E-state index contributed by atoms with van der Waals surface area (Å²) in [4.78, 5) is 25.2. The lowest BCUT2D eigenvalue weighted by Gasteiger charge is -2.13. The third-order valence-corrected chi connectivity index (χ3v) is 5.91. The van der Waals surface area contributed by atoms with E-state index in [1.165, 1.54) is 0 Å². The first kappa shape index (κ1) is 22.2. The maximum absolute atomic E-state index is 12.6. The van der Waals surface area contributed by atoms with Crippen molar-refractivity contribution in [3.8, 4) is 5.75 Å². The van der Waals surface area contributed by atoms with Crippen molar-refractivity contribution in [2.45, 2.75) is 13.0 Å². The number of amides is 2. The van der Waals surface area contributed by atoms with Crippen molar-refractivity contribution in [3.63, 3.8) is 0 Å². The highest BCUT2D eigenvalue weighted by atomic mass is 16.5. The van der Waals surface area contributed by atoms with E-state index in [1.54, 1.807) is 25.3 Å². The normalized spacial score (nSPS) is 10.9. The van der Waals surface area contributed by atoms with Crippen LogP contribution in [-0.2, 0) is 17.8 Å². The summed E-state index contributed by atoms with van der Waals surface area (Å²) < 4.78 is 11.1. The van der Waals surface area contributed by atoms with Crippen LogP contribution in [0.3, 0.4) is 0 Å². The van der Waals surface area contributed by atoms with E-state index in [4.69, 9.17) is 9.15 Å². The maximum atomic E-state index is 12.6. The van der Waals surface area contributed by atoms with E-state index in [2.05, 4.69) is 10.6 Å². The molecule has 1 heterocycles. The van der Waals surface area contributed by atoms with Gasteiger partial charge in [-0.15, -0.1) is 0 Å². The van der Waals surface area contributed by atoms with E-state index in [-0.39, 0.29) is 24.0 Å². The van der Waals surface area contributed by atoms with Gasteiger partial charge < -0.3 is 19.8 Å². The molecule has 0 bridgehead atoms. The third-order valence-electron chi connectivity index (χ3n) is 5.91. The van der Waals surface area contributed by atoms with Gasteiger partial charge in [-0.2, -0.15) is 0 Å². The molecule has 35 heavy (non-hydrogen) atoms. The summed E-state index contributed by atoms with van der Waals surface area (Å²) in [6.07, 6.45) is 0.227. The van der Waals surface area contributed by atoms with Gasteiger partial charge in [0.05, 0.1) is 13.5 Å². The van der Waals surface area contributed by atoms with Crippen LogP contribution in [0.25, 0.3) is 21.7 Å².